The molecule has 0 unspecified atom stereocenters. The molecular formula is C15H23NO2. The molecule has 0 aliphatic heterocycles. The van der Waals surface area contributed by atoms with Gasteiger partial charge in [-0.2, -0.15) is 0 Å². The third kappa shape index (κ3) is 3.25. The molecule has 3 heteroatoms. The van der Waals surface area contributed by atoms with Gasteiger partial charge in [0.2, 0.25) is 5.91 Å². The number of amides is 1. The van der Waals surface area contributed by atoms with Gasteiger partial charge < -0.3 is 9.64 Å². The summed E-state index contributed by atoms with van der Waals surface area (Å²) in [6.45, 7) is 9.61. The molecule has 0 saturated heterocycles. The van der Waals surface area contributed by atoms with E-state index < -0.39 is 0 Å². The largest absolute Gasteiger partial charge is 0.496 e. The van der Waals surface area contributed by atoms with Crippen LogP contribution in [-0.4, -0.2) is 31.0 Å². The Morgan fingerprint density at radius 2 is 1.72 bits per heavy atom. The third-order valence-corrected chi connectivity index (χ3v) is 3.35. The van der Waals surface area contributed by atoms with Gasteiger partial charge in [-0.1, -0.05) is 6.07 Å². The maximum atomic E-state index is 12.1. The maximum Gasteiger partial charge on any atom is 0.227 e. The first kappa shape index (κ1) is 14.6. The molecule has 0 radical (unpaired) electrons. The lowest BCUT2D eigenvalue weighted by atomic mass is 10.0. The summed E-state index contributed by atoms with van der Waals surface area (Å²) in [5.74, 6) is 0.958. The minimum absolute atomic E-state index is 0.154. The molecule has 100 valence electrons. The molecule has 0 aromatic heterocycles. The number of nitrogens with zero attached hydrogens (tertiary/aromatic N) is 1. The highest BCUT2D eigenvalue weighted by Crippen LogP contribution is 2.23. The van der Waals surface area contributed by atoms with E-state index in [1.807, 2.05) is 31.7 Å². The Kier molecular flexibility index (Phi) is 5.20. The van der Waals surface area contributed by atoms with Gasteiger partial charge >= 0.3 is 0 Å². The van der Waals surface area contributed by atoms with Gasteiger partial charge in [-0.3, -0.25) is 4.79 Å². The van der Waals surface area contributed by atoms with Crippen LogP contribution >= 0.6 is 0 Å². The number of likely N-dealkylation sites (N-methyl/N-ethyl adjacent to an activating group) is 1. The van der Waals surface area contributed by atoms with Crippen molar-refractivity contribution in [3.8, 4) is 5.75 Å². The smallest absolute Gasteiger partial charge is 0.227 e. The summed E-state index contributed by atoms with van der Waals surface area (Å²) in [6, 6.07) is 4.05. The van der Waals surface area contributed by atoms with Crippen molar-refractivity contribution in [1.29, 1.82) is 0 Å². The number of benzene rings is 1. The Morgan fingerprint density at radius 1 is 1.17 bits per heavy atom. The van der Waals surface area contributed by atoms with E-state index in [0.29, 0.717) is 6.42 Å². The molecule has 0 aliphatic rings. The molecule has 3 nitrogen and oxygen atoms in total. The minimum atomic E-state index is 0.154. The van der Waals surface area contributed by atoms with Crippen molar-refractivity contribution in [2.45, 2.75) is 34.1 Å². The zero-order valence-corrected chi connectivity index (χ0v) is 12.0. The van der Waals surface area contributed by atoms with Gasteiger partial charge in [-0.25, -0.2) is 0 Å². The summed E-state index contributed by atoms with van der Waals surface area (Å²) in [7, 11) is 1.65. The fourth-order valence-corrected chi connectivity index (χ4v) is 2.03. The highest BCUT2D eigenvalue weighted by molar-refractivity contribution is 5.79. The Bertz CT molecular complexity index is 423. The van der Waals surface area contributed by atoms with Gasteiger partial charge in [0, 0.05) is 18.7 Å². The quantitative estimate of drug-likeness (QED) is 0.803. The van der Waals surface area contributed by atoms with Crippen LogP contribution in [0.2, 0.25) is 0 Å². The van der Waals surface area contributed by atoms with E-state index in [1.165, 1.54) is 11.1 Å². The van der Waals surface area contributed by atoms with Crippen molar-refractivity contribution in [3.63, 3.8) is 0 Å². The lowest BCUT2D eigenvalue weighted by Crippen LogP contribution is -2.31. The van der Waals surface area contributed by atoms with Gasteiger partial charge in [0.15, 0.2) is 0 Å². The Hall–Kier alpha value is -1.51. The van der Waals surface area contributed by atoms with Crippen LogP contribution in [-0.2, 0) is 11.2 Å². The summed E-state index contributed by atoms with van der Waals surface area (Å²) in [5, 5.41) is 0. The van der Waals surface area contributed by atoms with Crippen molar-refractivity contribution < 1.29 is 9.53 Å². The topological polar surface area (TPSA) is 29.5 Å². The molecule has 1 aromatic rings. The summed E-state index contributed by atoms with van der Waals surface area (Å²) in [5.41, 5.74) is 3.35. The molecule has 0 atom stereocenters. The first-order chi connectivity index (χ1) is 8.53. The number of hydrogen-bond donors (Lipinski definition) is 0. The van der Waals surface area contributed by atoms with E-state index in [9.17, 15) is 4.79 Å². The fourth-order valence-electron chi connectivity index (χ4n) is 2.03. The lowest BCUT2D eigenvalue weighted by Gasteiger charge is -2.19. The minimum Gasteiger partial charge on any atom is -0.496 e. The number of ether oxygens (including phenoxy) is 1. The maximum absolute atomic E-state index is 12.1. The summed E-state index contributed by atoms with van der Waals surface area (Å²) < 4.78 is 5.36. The lowest BCUT2D eigenvalue weighted by molar-refractivity contribution is -0.130. The number of rotatable bonds is 5. The number of carbonyl (C=O) groups excluding carboxylic acids is 1. The third-order valence-electron chi connectivity index (χ3n) is 3.35. The number of carbonyl (C=O) groups is 1. The van der Waals surface area contributed by atoms with Gasteiger partial charge in [-0.15, -0.1) is 0 Å². The Morgan fingerprint density at radius 3 is 2.22 bits per heavy atom. The molecule has 0 spiro atoms. The molecule has 0 aliphatic carbocycles. The van der Waals surface area contributed by atoms with Crippen LogP contribution in [0.3, 0.4) is 0 Å². The summed E-state index contributed by atoms with van der Waals surface area (Å²) >= 11 is 0. The Balaban J connectivity index is 2.96. The number of methoxy groups -OCH3 is 1. The average Bonchev–Trinajstić information content (AvgIpc) is 2.35. The average molecular weight is 249 g/mol. The summed E-state index contributed by atoms with van der Waals surface area (Å²) in [4.78, 5) is 14.0. The highest BCUT2D eigenvalue weighted by Gasteiger charge is 2.14. The van der Waals surface area contributed by atoms with E-state index >= 15 is 0 Å². The van der Waals surface area contributed by atoms with Crippen LogP contribution in [0.4, 0.5) is 0 Å². The van der Waals surface area contributed by atoms with Crippen LogP contribution in [0.25, 0.3) is 0 Å². The standard InChI is InChI=1S/C15H23NO2/c1-6-16(7-2)15(17)10-13-8-11(3)12(4)9-14(13)18-5/h8-9H,6-7,10H2,1-5H3. The second kappa shape index (κ2) is 6.43. The molecular weight excluding hydrogens is 226 g/mol. The van der Waals surface area contributed by atoms with Crippen molar-refractivity contribution in [2.24, 2.45) is 0 Å². The molecule has 0 saturated carbocycles. The second-order valence-electron chi connectivity index (χ2n) is 4.49. The van der Waals surface area contributed by atoms with Crippen LogP contribution in [0, 0.1) is 13.8 Å². The van der Waals surface area contributed by atoms with Gasteiger partial charge in [0.05, 0.1) is 13.5 Å². The SMILES string of the molecule is CCN(CC)C(=O)Cc1cc(C)c(C)cc1OC. The Labute approximate surface area is 110 Å². The zero-order chi connectivity index (χ0) is 13.7. The van der Waals surface area contributed by atoms with Gasteiger partial charge in [0.25, 0.3) is 0 Å². The highest BCUT2D eigenvalue weighted by atomic mass is 16.5. The van der Waals surface area contributed by atoms with Crippen LogP contribution < -0.4 is 4.74 Å². The van der Waals surface area contributed by atoms with Gasteiger partial charge in [-0.05, 0) is 44.9 Å². The van der Waals surface area contributed by atoms with E-state index in [0.717, 1.165) is 24.4 Å². The molecule has 1 rings (SSSR count). The van der Waals surface area contributed by atoms with E-state index in [1.54, 1.807) is 7.11 Å². The van der Waals surface area contributed by atoms with Crippen molar-refractivity contribution in [1.82, 2.24) is 4.90 Å². The molecule has 0 heterocycles. The second-order valence-corrected chi connectivity index (χ2v) is 4.49. The molecule has 1 aromatic carbocycles. The van der Waals surface area contributed by atoms with Crippen molar-refractivity contribution in [2.75, 3.05) is 20.2 Å². The molecule has 0 fully saturated rings. The molecule has 18 heavy (non-hydrogen) atoms. The van der Waals surface area contributed by atoms with Crippen LogP contribution in [0.1, 0.15) is 30.5 Å². The molecule has 0 N–H and O–H groups in total. The van der Waals surface area contributed by atoms with Crippen molar-refractivity contribution >= 4 is 5.91 Å². The molecule has 0 bridgehead atoms. The first-order valence-corrected chi connectivity index (χ1v) is 6.45. The fraction of sp³-hybridized carbons (Fsp3) is 0.533. The van der Waals surface area contributed by atoms with E-state index in [2.05, 4.69) is 13.0 Å². The monoisotopic (exact) mass is 249 g/mol. The first-order valence-electron chi connectivity index (χ1n) is 6.45. The van der Waals surface area contributed by atoms with Crippen LogP contribution in [0.15, 0.2) is 12.1 Å². The van der Waals surface area contributed by atoms with Crippen LogP contribution in [0.5, 0.6) is 5.75 Å². The predicted molar refractivity (Wildman–Crippen MR) is 74.1 cm³/mol. The van der Waals surface area contributed by atoms with Crippen molar-refractivity contribution in [3.05, 3.63) is 28.8 Å². The summed E-state index contributed by atoms with van der Waals surface area (Å²) in [6.07, 6.45) is 0.409. The van der Waals surface area contributed by atoms with E-state index in [4.69, 9.17) is 4.74 Å². The number of hydrogen-bond acceptors (Lipinski definition) is 2. The zero-order valence-electron chi connectivity index (χ0n) is 12.0. The molecule has 1 amide bonds. The van der Waals surface area contributed by atoms with Gasteiger partial charge in [0.1, 0.15) is 5.75 Å². The predicted octanol–water partition coefficient (Wildman–Crippen LogP) is 2.72. The number of aryl methyl sites for hydroxylation is 2. The van der Waals surface area contributed by atoms with E-state index in [-0.39, 0.29) is 5.91 Å². The normalized spacial score (nSPS) is 10.3.